The van der Waals surface area contributed by atoms with E-state index in [2.05, 4.69) is 17.2 Å². The summed E-state index contributed by atoms with van der Waals surface area (Å²) in [6, 6.07) is 1.71. The lowest BCUT2D eigenvalue weighted by Gasteiger charge is -2.37. The summed E-state index contributed by atoms with van der Waals surface area (Å²) in [5, 5.41) is 2.77. The van der Waals surface area contributed by atoms with Crippen LogP contribution in [-0.2, 0) is 19.2 Å². The lowest BCUT2D eigenvalue weighted by atomic mass is 9.73. The van der Waals surface area contributed by atoms with Gasteiger partial charge in [0.1, 0.15) is 12.1 Å². The fourth-order valence-corrected chi connectivity index (χ4v) is 8.06. The second-order valence-electron chi connectivity index (χ2n) is 13.3. The number of anilines is 1. The van der Waals surface area contributed by atoms with Gasteiger partial charge >= 0.3 is 0 Å². The van der Waals surface area contributed by atoms with Gasteiger partial charge in [-0.3, -0.25) is 19.2 Å². The van der Waals surface area contributed by atoms with Gasteiger partial charge in [-0.25, -0.2) is 4.98 Å². The molecule has 1 aromatic rings. The van der Waals surface area contributed by atoms with Gasteiger partial charge in [0, 0.05) is 25.6 Å². The van der Waals surface area contributed by atoms with Gasteiger partial charge < -0.3 is 25.6 Å². The van der Waals surface area contributed by atoms with E-state index < -0.39 is 29.5 Å². The minimum Gasteiger partial charge on any atom is -0.472 e. The minimum absolute atomic E-state index is 0.0338. The van der Waals surface area contributed by atoms with Crippen molar-refractivity contribution in [3.05, 3.63) is 18.3 Å². The van der Waals surface area contributed by atoms with E-state index >= 15 is 0 Å². The molecular formula is C28H37N5O5. The molecule has 1 unspecified atom stereocenters. The maximum absolute atomic E-state index is 14.5. The zero-order valence-corrected chi connectivity index (χ0v) is 22.5. The van der Waals surface area contributed by atoms with Crippen molar-refractivity contribution in [3.63, 3.8) is 0 Å². The molecule has 10 heteroatoms. The molecule has 2 aliphatic carbocycles. The summed E-state index contributed by atoms with van der Waals surface area (Å²) in [5.74, 6) is 0.909. The first kappa shape index (κ1) is 25.1. The summed E-state index contributed by atoms with van der Waals surface area (Å²) < 4.78 is 6.15. The molecule has 1 spiro atoms. The predicted octanol–water partition coefficient (Wildman–Crippen LogP) is 1.79. The average Bonchev–Trinajstić information content (AvgIpc) is 3.57. The summed E-state index contributed by atoms with van der Waals surface area (Å²) in [6.45, 7) is 8.75. The van der Waals surface area contributed by atoms with E-state index in [1.54, 1.807) is 23.2 Å². The van der Waals surface area contributed by atoms with Crippen molar-refractivity contribution < 1.29 is 23.9 Å². The van der Waals surface area contributed by atoms with Gasteiger partial charge in [0.2, 0.25) is 23.3 Å². The minimum atomic E-state index is -1.45. The molecule has 2 saturated heterocycles. The molecule has 38 heavy (non-hydrogen) atoms. The maximum atomic E-state index is 14.5. The van der Waals surface area contributed by atoms with E-state index in [1.165, 1.54) is 4.90 Å². The highest BCUT2D eigenvalue weighted by Gasteiger charge is 2.64. The quantitative estimate of drug-likeness (QED) is 0.620. The number of aromatic nitrogens is 1. The van der Waals surface area contributed by atoms with E-state index in [1.807, 2.05) is 20.8 Å². The third kappa shape index (κ3) is 3.78. The number of hydrogen-bond acceptors (Lipinski definition) is 6. The van der Waals surface area contributed by atoms with Crippen LogP contribution >= 0.6 is 0 Å². The van der Waals surface area contributed by atoms with Crippen LogP contribution < -0.4 is 15.8 Å². The smallest absolute Gasteiger partial charge is 0.271 e. The highest BCUT2D eigenvalue weighted by molar-refractivity contribution is 6.03. The first-order valence-electron chi connectivity index (χ1n) is 13.7. The van der Waals surface area contributed by atoms with Crippen LogP contribution in [0.1, 0.15) is 53.4 Å². The number of fused-ring (bicyclic) bond motifs is 6. The standard InChI is InChI=1S/C28H37N5O5/c1-14-8-15-9-16(14)21-17(15)12-32(20(34)11-27(2,3)4)22(21)25(36)33-13-28(10-18(33)23(29)35)26(37)31-24-19(38-28)6-5-7-30-24/h5-7,14-18,21-22H,8-13H2,1-4H3,(H2,29,35)(H,30,31,37)/t14-,15-,16-,17?,18+,21+,22+,28-/m1/s1. The molecule has 1 aromatic heterocycles. The number of ether oxygens (including phenoxy) is 1. The molecule has 4 fully saturated rings. The number of pyridine rings is 1. The van der Waals surface area contributed by atoms with Crippen LogP contribution in [0.3, 0.4) is 0 Å². The number of primary amides is 1. The number of hydrogen-bond donors (Lipinski definition) is 2. The van der Waals surface area contributed by atoms with Crippen LogP contribution in [0.15, 0.2) is 18.3 Å². The van der Waals surface area contributed by atoms with Gasteiger partial charge in [-0.05, 0) is 60.0 Å². The molecule has 0 radical (unpaired) electrons. The molecule has 4 amide bonds. The summed E-state index contributed by atoms with van der Waals surface area (Å²) in [4.78, 5) is 61.4. The van der Waals surface area contributed by atoms with E-state index in [0.29, 0.717) is 42.3 Å². The number of amides is 4. The number of carbonyl (C=O) groups is 4. The van der Waals surface area contributed by atoms with Crippen LogP contribution in [0.2, 0.25) is 0 Å². The Bertz CT molecular complexity index is 1210. The van der Waals surface area contributed by atoms with E-state index in [9.17, 15) is 19.2 Å². The molecule has 2 saturated carbocycles. The Labute approximate surface area is 222 Å². The number of nitrogens with one attached hydrogen (secondary N) is 1. The molecule has 204 valence electrons. The normalized spacial score (nSPS) is 37.2. The zero-order valence-electron chi connectivity index (χ0n) is 22.5. The maximum Gasteiger partial charge on any atom is 0.271 e. The number of rotatable bonds is 3. The highest BCUT2D eigenvalue weighted by atomic mass is 16.5. The van der Waals surface area contributed by atoms with Crippen LogP contribution in [0.4, 0.5) is 5.82 Å². The van der Waals surface area contributed by atoms with Crippen LogP contribution in [0, 0.1) is 35.0 Å². The van der Waals surface area contributed by atoms with Crippen LogP contribution in [0.5, 0.6) is 5.75 Å². The van der Waals surface area contributed by atoms with E-state index in [4.69, 9.17) is 10.5 Å². The van der Waals surface area contributed by atoms with E-state index in [0.717, 1.165) is 12.8 Å². The average molecular weight is 524 g/mol. The number of likely N-dealkylation sites (tertiary alicyclic amines) is 2. The van der Waals surface area contributed by atoms with Gasteiger partial charge in [-0.15, -0.1) is 0 Å². The fourth-order valence-electron chi connectivity index (χ4n) is 8.06. The van der Waals surface area contributed by atoms with Crippen molar-refractivity contribution in [2.45, 2.75) is 71.1 Å². The lowest BCUT2D eigenvalue weighted by Crippen LogP contribution is -2.57. The lowest BCUT2D eigenvalue weighted by molar-refractivity contribution is -0.149. The molecule has 0 aromatic carbocycles. The molecule has 3 N–H and O–H groups in total. The van der Waals surface area contributed by atoms with Gasteiger partial charge in [0.25, 0.3) is 5.91 Å². The fraction of sp³-hybridized carbons (Fsp3) is 0.679. The first-order valence-corrected chi connectivity index (χ1v) is 13.7. The Kier molecular flexibility index (Phi) is 5.56. The van der Waals surface area contributed by atoms with E-state index in [-0.39, 0.29) is 42.0 Å². The number of nitrogens with two attached hydrogens (primary N) is 1. The summed E-state index contributed by atoms with van der Waals surface area (Å²) in [6.07, 6.45) is 4.05. The Morgan fingerprint density at radius 1 is 1.21 bits per heavy atom. The third-order valence-electron chi connectivity index (χ3n) is 9.60. The molecule has 2 bridgehead atoms. The van der Waals surface area contributed by atoms with Gasteiger partial charge in [0.15, 0.2) is 11.6 Å². The van der Waals surface area contributed by atoms with Gasteiger partial charge in [-0.2, -0.15) is 0 Å². The Hall–Kier alpha value is -3.17. The predicted molar refractivity (Wildman–Crippen MR) is 137 cm³/mol. The monoisotopic (exact) mass is 523 g/mol. The van der Waals surface area contributed by atoms with Crippen molar-refractivity contribution in [1.82, 2.24) is 14.8 Å². The van der Waals surface area contributed by atoms with Gasteiger partial charge in [-0.1, -0.05) is 27.7 Å². The van der Waals surface area contributed by atoms with Crippen LogP contribution in [0.25, 0.3) is 0 Å². The van der Waals surface area contributed by atoms with Crippen molar-refractivity contribution >= 4 is 29.4 Å². The second kappa shape index (κ2) is 8.41. The zero-order chi connectivity index (χ0) is 27.1. The molecule has 8 atom stereocenters. The first-order chi connectivity index (χ1) is 17.9. The van der Waals surface area contributed by atoms with Gasteiger partial charge in [0.05, 0.1) is 6.54 Å². The highest BCUT2D eigenvalue weighted by Crippen LogP contribution is 2.60. The summed E-state index contributed by atoms with van der Waals surface area (Å²) in [5.41, 5.74) is 4.13. The molecular weight excluding hydrogens is 486 g/mol. The summed E-state index contributed by atoms with van der Waals surface area (Å²) >= 11 is 0. The SMILES string of the molecule is C[C@@H]1C[C@@H]2C[C@H]1[C@H]1C2CN(C(=O)CC(C)(C)C)[C@@H]1C(=O)N1C[C@@]2(C[C@H]1C(N)=O)Oc1cccnc1NC2=O. The summed E-state index contributed by atoms with van der Waals surface area (Å²) in [7, 11) is 0. The Morgan fingerprint density at radius 3 is 2.68 bits per heavy atom. The van der Waals surface area contributed by atoms with Crippen molar-refractivity contribution in [3.8, 4) is 5.75 Å². The van der Waals surface area contributed by atoms with Crippen LogP contribution in [-0.4, -0.2) is 69.2 Å². The van der Waals surface area contributed by atoms with Crippen molar-refractivity contribution in [1.29, 1.82) is 0 Å². The molecule has 5 aliphatic rings. The molecule has 10 nitrogen and oxygen atoms in total. The number of carbonyl (C=O) groups excluding carboxylic acids is 4. The Balaban J connectivity index is 1.34. The van der Waals surface area contributed by atoms with Crippen molar-refractivity contribution in [2.75, 3.05) is 18.4 Å². The molecule has 4 heterocycles. The Morgan fingerprint density at radius 2 is 1.97 bits per heavy atom. The third-order valence-corrected chi connectivity index (χ3v) is 9.60. The largest absolute Gasteiger partial charge is 0.472 e. The second-order valence-corrected chi connectivity index (χ2v) is 13.3. The van der Waals surface area contributed by atoms with Crippen molar-refractivity contribution in [2.24, 2.45) is 40.7 Å². The molecule has 6 rings (SSSR count). The topological polar surface area (TPSA) is 135 Å². The molecule has 3 aliphatic heterocycles. The number of nitrogens with zero attached hydrogens (tertiary/aromatic N) is 3.